The molecule has 0 aliphatic carbocycles. The molecular weight excluding hydrogens is 418 g/mol. The van der Waals surface area contributed by atoms with E-state index in [-0.39, 0.29) is 18.8 Å². The summed E-state index contributed by atoms with van der Waals surface area (Å²) in [5.74, 6) is -1.08. The van der Waals surface area contributed by atoms with Crippen molar-refractivity contribution in [1.82, 2.24) is 15.2 Å². The monoisotopic (exact) mass is 445 g/mol. The lowest BCUT2D eigenvalue weighted by molar-refractivity contribution is -0.133. The van der Waals surface area contributed by atoms with Gasteiger partial charge in [0.1, 0.15) is 11.7 Å². The number of carbonyl (C=O) groups excluding carboxylic acids is 3. The molecule has 0 aliphatic rings. The van der Waals surface area contributed by atoms with E-state index in [9.17, 15) is 14.4 Å². The molecule has 2 aromatic rings. The zero-order chi connectivity index (χ0) is 23.3. The summed E-state index contributed by atoms with van der Waals surface area (Å²) in [7, 11) is 0. The second-order valence-corrected chi connectivity index (χ2v) is 8.54. The number of benzene rings is 1. The van der Waals surface area contributed by atoms with Crippen molar-refractivity contribution >= 4 is 40.8 Å². The van der Waals surface area contributed by atoms with Crippen LogP contribution >= 0.6 is 11.6 Å². The Bertz CT molecular complexity index is 1020. The topological polar surface area (TPSA) is 91.5 Å². The van der Waals surface area contributed by atoms with Crippen LogP contribution in [0.5, 0.6) is 0 Å². The molecule has 0 bridgehead atoms. The molecule has 0 radical (unpaired) electrons. The minimum Gasteiger partial charge on any atom is -0.461 e. The fourth-order valence-electron chi connectivity index (χ4n) is 3.21. The molecule has 1 aromatic heterocycles. The van der Waals surface area contributed by atoms with Crippen LogP contribution in [0.15, 0.2) is 43.0 Å². The molecule has 0 fully saturated rings. The van der Waals surface area contributed by atoms with Gasteiger partial charge in [0.05, 0.1) is 6.61 Å². The Kier molecular flexibility index (Phi) is 7.68. The third kappa shape index (κ3) is 5.76. The van der Waals surface area contributed by atoms with Crippen molar-refractivity contribution in [2.45, 2.75) is 39.3 Å². The first kappa shape index (κ1) is 24.2. The lowest BCUT2D eigenvalue weighted by Gasteiger charge is -2.31. The predicted octanol–water partition coefficient (Wildman–Crippen LogP) is 4.15. The zero-order valence-corrected chi connectivity index (χ0v) is 19.0. The number of fused-ring (bicyclic) bond motifs is 1. The number of esters is 1. The van der Waals surface area contributed by atoms with E-state index in [1.54, 1.807) is 25.1 Å². The maximum atomic E-state index is 13.4. The molecule has 0 saturated heterocycles. The maximum Gasteiger partial charge on any atom is 0.355 e. The van der Waals surface area contributed by atoms with E-state index in [2.05, 4.69) is 23.5 Å². The van der Waals surface area contributed by atoms with Crippen LogP contribution in [-0.2, 0) is 14.3 Å². The highest BCUT2D eigenvalue weighted by molar-refractivity contribution is 6.31. The Labute approximate surface area is 187 Å². The summed E-state index contributed by atoms with van der Waals surface area (Å²) in [6.07, 6.45) is 2.07. The van der Waals surface area contributed by atoms with Gasteiger partial charge >= 0.3 is 5.97 Å². The fraction of sp³-hybridized carbons (Fsp3) is 0.348. The summed E-state index contributed by atoms with van der Waals surface area (Å²) in [6, 6.07) is 3.88. The molecule has 2 N–H and O–H groups in total. The van der Waals surface area contributed by atoms with E-state index in [4.69, 9.17) is 16.3 Å². The van der Waals surface area contributed by atoms with E-state index in [1.807, 2.05) is 20.8 Å². The first-order valence-electron chi connectivity index (χ1n) is 9.83. The SMILES string of the molecule is C=CC(=C)CN(C=O)C(C(=O)NC(C)(C)C)c1c(C(=O)OCC)[nH]c2cc(Cl)ccc12. The minimum absolute atomic E-state index is 0.0533. The fourth-order valence-corrected chi connectivity index (χ4v) is 3.39. The number of aromatic amines is 1. The zero-order valence-electron chi connectivity index (χ0n) is 18.3. The van der Waals surface area contributed by atoms with E-state index >= 15 is 0 Å². The van der Waals surface area contributed by atoms with Gasteiger partial charge in [-0.1, -0.05) is 36.9 Å². The van der Waals surface area contributed by atoms with Crippen molar-refractivity contribution in [2.75, 3.05) is 13.2 Å². The summed E-state index contributed by atoms with van der Waals surface area (Å²) in [5.41, 5.74) is 0.938. The number of nitrogens with one attached hydrogen (secondary N) is 2. The number of ether oxygens (including phenoxy) is 1. The van der Waals surface area contributed by atoms with E-state index < -0.39 is 23.5 Å². The highest BCUT2D eigenvalue weighted by Gasteiger charge is 2.36. The molecule has 31 heavy (non-hydrogen) atoms. The summed E-state index contributed by atoms with van der Waals surface area (Å²) in [5, 5.41) is 3.94. The van der Waals surface area contributed by atoms with Crippen molar-refractivity contribution in [3.63, 3.8) is 0 Å². The average Bonchev–Trinajstić information content (AvgIpc) is 3.04. The number of halogens is 1. The van der Waals surface area contributed by atoms with Crippen molar-refractivity contribution in [1.29, 1.82) is 0 Å². The quantitative estimate of drug-likeness (QED) is 0.344. The van der Waals surface area contributed by atoms with Gasteiger partial charge in [0.15, 0.2) is 0 Å². The Morgan fingerprint density at radius 2 is 2.03 bits per heavy atom. The van der Waals surface area contributed by atoms with Crippen molar-refractivity contribution in [3.8, 4) is 0 Å². The molecule has 166 valence electrons. The largest absolute Gasteiger partial charge is 0.461 e. The van der Waals surface area contributed by atoms with Crippen LogP contribution in [0.4, 0.5) is 0 Å². The molecule has 1 unspecified atom stereocenters. The second-order valence-electron chi connectivity index (χ2n) is 8.11. The molecule has 0 aliphatic heterocycles. The summed E-state index contributed by atoms with van der Waals surface area (Å²) in [6.45, 7) is 14.9. The van der Waals surface area contributed by atoms with Crippen LogP contribution in [0.1, 0.15) is 49.8 Å². The average molecular weight is 446 g/mol. The van der Waals surface area contributed by atoms with Gasteiger partial charge in [0.2, 0.25) is 12.3 Å². The second kappa shape index (κ2) is 9.83. The normalized spacial score (nSPS) is 12.2. The molecular formula is C23H28ClN3O4. The lowest BCUT2D eigenvalue weighted by Crippen LogP contribution is -2.48. The van der Waals surface area contributed by atoms with Crippen molar-refractivity contribution in [3.05, 3.63) is 59.3 Å². The molecule has 1 heterocycles. The van der Waals surface area contributed by atoms with Gasteiger partial charge in [-0.2, -0.15) is 0 Å². The van der Waals surface area contributed by atoms with Gasteiger partial charge < -0.3 is 19.9 Å². The highest BCUT2D eigenvalue weighted by atomic mass is 35.5. The lowest BCUT2D eigenvalue weighted by atomic mass is 9.98. The van der Waals surface area contributed by atoms with Crippen LogP contribution in [0.3, 0.4) is 0 Å². The first-order chi connectivity index (χ1) is 14.5. The molecule has 7 nitrogen and oxygen atoms in total. The Morgan fingerprint density at radius 3 is 2.58 bits per heavy atom. The number of hydrogen-bond donors (Lipinski definition) is 2. The Morgan fingerprint density at radius 1 is 1.35 bits per heavy atom. The Balaban J connectivity index is 2.78. The molecule has 1 aromatic carbocycles. The van der Waals surface area contributed by atoms with Crippen LogP contribution in [0.25, 0.3) is 10.9 Å². The van der Waals surface area contributed by atoms with Crippen LogP contribution in [-0.4, -0.2) is 46.9 Å². The highest BCUT2D eigenvalue weighted by Crippen LogP contribution is 2.34. The summed E-state index contributed by atoms with van der Waals surface area (Å²) >= 11 is 6.12. The van der Waals surface area contributed by atoms with Crippen molar-refractivity contribution < 1.29 is 19.1 Å². The predicted molar refractivity (Wildman–Crippen MR) is 122 cm³/mol. The smallest absolute Gasteiger partial charge is 0.355 e. The van der Waals surface area contributed by atoms with E-state index in [0.29, 0.717) is 33.5 Å². The summed E-state index contributed by atoms with van der Waals surface area (Å²) < 4.78 is 5.20. The van der Waals surface area contributed by atoms with Crippen molar-refractivity contribution in [2.24, 2.45) is 0 Å². The molecule has 8 heteroatoms. The van der Waals surface area contributed by atoms with Crippen LogP contribution in [0.2, 0.25) is 5.02 Å². The summed E-state index contributed by atoms with van der Waals surface area (Å²) in [4.78, 5) is 42.6. The van der Waals surface area contributed by atoms with Crippen LogP contribution in [0, 0.1) is 0 Å². The number of aromatic nitrogens is 1. The number of rotatable bonds is 9. The molecule has 2 amide bonds. The van der Waals surface area contributed by atoms with Gasteiger partial charge in [-0.3, -0.25) is 9.59 Å². The number of carbonyl (C=O) groups is 3. The maximum absolute atomic E-state index is 13.4. The van der Waals surface area contributed by atoms with E-state index in [1.165, 1.54) is 11.0 Å². The van der Waals surface area contributed by atoms with Gasteiger partial charge in [-0.05, 0) is 45.4 Å². The third-order valence-electron chi connectivity index (χ3n) is 4.44. The molecule has 0 saturated carbocycles. The van der Waals surface area contributed by atoms with Crippen LogP contribution < -0.4 is 5.32 Å². The molecule has 1 atom stereocenters. The first-order valence-corrected chi connectivity index (χ1v) is 10.2. The standard InChI is InChI=1S/C23H28ClN3O4/c1-7-14(3)12-27(13-28)20(21(29)26-23(4,5)6)18-16-10-9-15(24)11-17(16)25-19(18)22(30)31-8-2/h7,9-11,13,20,25H,1,3,8,12H2,2,4-6H3,(H,26,29). The minimum atomic E-state index is -1.12. The Hall–Kier alpha value is -3.06. The third-order valence-corrected chi connectivity index (χ3v) is 4.68. The number of amides is 2. The molecule has 0 spiro atoms. The number of hydrogen-bond acceptors (Lipinski definition) is 4. The van der Waals surface area contributed by atoms with Gasteiger partial charge in [0.25, 0.3) is 0 Å². The van der Waals surface area contributed by atoms with Gasteiger partial charge in [0, 0.05) is 33.6 Å². The molecule has 2 rings (SSSR count). The number of H-pyrrole nitrogens is 1. The van der Waals surface area contributed by atoms with Gasteiger partial charge in [-0.15, -0.1) is 0 Å². The number of nitrogens with zero attached hydrogens (tertiary/aromatic N) is 1. The van der Waals surface area contributed by atoms with Gasteiger partial charge in [-0.25, -0.2) is 4.79 Å². The van der Waals surface area contributed by atoms with E-state index in [0.717, 1.165) is 0 Å².